The summed E-state index contributed by atoms with van der Waals surface area (Å²) in [6, 6.07) is 0. The maximum atomic E-state index is 11.0. The number of alkyl halides is 5. The molecule has 0 bridgehead atoms. The second kappa shape index (κ2) is 3.53. The van der Waals surface area contributed by atoms with Gasteiger partial charge in [-0.3, -0.25) is 0 Å². The number of hydrogen-bond acceptors (Lipinski definition) is 1. The van der Waals surface area contributed by atoms with E-state index in [1.807, 2.05) is 0 Å². The molecule has 0 radical (unpaired) electrons. The second-order valence-corrected chi connectivity index (χ2v) is 2.72. The van der Waals surface area contributed by atoms with E-state index in [4.69, 9.17) is 0 Å². The van der Waals surface area contributed by atoms with Gasteiger partial charge in [-0.15, -0.1) is 11.6 Å². The lowest BCUT2D eigenvalue weighted by molar-refractivity contribution is -0.112. The smallest absolute Gasteiger partial charge is 0.344 e. The minimum Gasteiger partial charge on any atom is -0.344 e. The molecule has 0 aromatic heterocycles. The van der Waals surface area contributed by atoms with Gasteiger partial charge in [0.1, 0.15) is 0 Å². The standard InChI is InChI=1S/C2HBrClF3.H3N/c3-1(4)2(5,6)7;/h1H;1H3. The van der Waals surface area contributed by atoms with Gasteiger partial charge < -0.3 is 6.15 Å². The van der Waals surface area contributed by atoms with Crippen molar-refractivity contribution in [1.29, 1.82) is 0 Å². The lowest BCUT2D eigenvalue weighted by Crippen LogP contribution is -2.16. The van der Waals surface area contributed by atoms with E-state index in [-0.39, 0.29) is 6.15 Å². The predicted molar refractivity (Wildman–Crippen MR) is 29.6 cm³/mol. The first-order valence-corrected chi connectivity index (χ1v) is 2.64. The molecule has 0 saturated carbocycles. The van der Waals surface area contributed by atoms with Crippen LogP contribution in [0.3, 0.4) is 0 Å². The largest absolute Gasteiger partial charge is 0.414 e. The van der Waals surface area contributed by atoms with Gasteiger partial charge in [-0.25, -0.2) is 0 Å². The maximum absolute atomic E-state index is 11.0. The Labute approximate surface area is 57.9 Å². The molecular formula is C2H4BrClF3N. The monoisotopic (exact) mass is 213 g/mol. The normalized spacial score (nSPS) is 14.6. The molecule has 0 amide bonds. The van der Waals surface area contributed by atoms with Crippen molar-refractivity contribution in [1.82, 2.24) is 6.15 Å². The number of rotatable bonds is 0. The molecule has 1 unspecified atom stereocenters. The Morgan fingerprint density at radius 1 is 1.38 bits per heavy atom. The first kappa shape index (κ1) is 11.3. The van der Waals surface area contributed by atoms with Crippen molar-refractivity contribution in [3.8, 4) is 0 Å². The molecule has 0 aliphatic carbocycles. The van der Waals surface area contributed by atoms with E-state index in [2.05, 4.69) is 27.5 Å². The molecule has 3 N–H and O–H groups in total. The van der Waals surface area contributed by atoms with Gasteiger partial charge in [0.05, 0.1) is 0 Å². The summed E-state index contributed by atoms with van der Waals surface area (Å²) in [5.74, 6) is 0. The summed E-state index contributed by atoms with van der Waals surface area (Å²) in [5, 5.41) is 0. The first-order chi connectivity index (χ1) is 2.94. The Morgan fingerprint density at radius 3 is 1.50 bits per heavy atom. The summed E-state index contributed by atoms with van der Waals surface area (Å²) in [7, 11) is 0. The summed E-state index contributed by atoms with van der Waals surface area (Å²) in [5.41, 5.74) is 0. The highest BCUT2D eigenvalue weighted by molar-refractivity contribution is 9.10. The van der Waals surface area contributed by atoms with Crippen molar-refractivity contribution in [2.45, 2.75) is 10.5 Å². The average molecular weight is 214 g/mol. The van der Waals surface area contributed by atoms with E-state index in [9.17, 15) is 13.2 Å². The van der Waals surface area contributed by atoms with Crippen molar-refractivity contribution in [3.05, 3.63) is 0 Å². The lowest BCUT2D eigenvalue weighted by atomic mass is 10.8. The number of halogens is 5. The average Bonchev–Trinajstić information content (AvgIpc) is 1.31. The molecule has 0 aromatic rings. The minimum absolute atomic E-state index is 0. The van der Waals surface area contributed by atoms with Gasteiger partial charge in [-0.1, -0.05) is 15.9 Å². The summed E-state index contributed by atoms with van der Waals surface area (Å²) in [6.45, 7) is 0. The van der Waals surface area contributed by atoms with Gasteiger partial charge in [0.25, 0.3) is 0 Å². The molecule has 1 nitrogen and oxygen atoms in total. The third-order valence-corrected chi connectivity index (χ3v) is 1.01. The summed E-state index contributed by atoms with van der Waals surface area (Å²) in [6.07, 6.45) is -4.32. The van der Waals surface area contributed by atoms with Crippen LogP contribution in [0.25, 0.3) is 0 Å². The van der Waals surface area contributed by atoms with Gasteiger partial charge in [-0.05, 0) is 0 Å². The molecule has 0 aliphatic rings. The fourth-order valence-electron chi connectivity index (χ4n) is 0. The first-order valence-electron chi connectivity index (χ1n) is 1.29. The van der Waals surface area contributed by atoms with Gasteiger partial charge in [-0.2, -0.15) is 13.2 Å². The Bertz CT molecular complexity index is 62.8. The summed E-state index contributed by atoms with van der Waals surface area (Å²) in [4.78, 5) is 0. The van der Waals surface area contributed by atoms with Gasteiger partial charge >= 0.3 is 6.18 Å². The molecule has 8 heavy (non-hydrogen) atoms. The molecule has 6 heteroatoms. The van der Waals surface area contributed by atoms with Gasteiger partial charge in [0, 0.05) is 0 Å². The number of hydrogen-bond donors (Lipinski definition) is 1. The second-order valence-electron chi connectivity index (χ2n) is 0.842. The highest BCUT2D eigenvalue weighted by Gasteiger charge is 2.35. The van der Waals surface area contributed by atoms with Gasteiger partial charge in [0.2, 0.25) is 0 Å². The topological polar surface area (TPSA) is 35.0 Å². The molecule has 0 aromatic carbocycles. The minimum atomic E-state index is -4.32. The van der Waals surface area contributed by atoms with Gasteiger partial charge in [0.15, 0.2) is 4.29 Å². The Hall–Kier alpha value is 0.520. The van der Waals surface area contributed by atoms with Crippen LogP contribution in [-0.4, -0.2) is 10.5 Å². The van der Waals surface area contributed by atoms with E-state index in [1.54, 1.807) is 0 Å². The van der Waals surface area contributed by atoms with Crippen LogP contribution in [0.4, 0.5) is 13.2 Å². The highest BCUT2D eigenvalue weighted by atomic mass is 79.9. The SMILES string of the molecule is FC(F)(F)C(Cl)Br.N. The quantitative estimate of drug-likeness (QED) is 0.618. The van der Waals surface area contributed by atoms with Crippen LogP contribution in [0.1, 0.15) is 0 Å². The van der Waals surface area contributed by atoms with Crippen LogP contribution >= 0.6 is 27.5 Å². The highest BCUT2D eigenvalue weighted by Crippen LogP contribution is 2.28. The Kier molecular flexibility index (Phi) is 5.00. The van der Waals surface area contributed by atoms with E-state index in [0.29, 0.717) is 0 Å². The fraction of sp³-hybridized carbons (Fsp3) is 1.00. The van der Waals surface area contributed by atoms with Crippen molar-refractivity contribution < 1.29 is 13.2 Å². The zero-order valence-corrected chi connectivity index (χ0v) is 6.02. The molecular weight excluding hydrogens is 210 g/mol. The molecule has 0 heterocycles. The third-order valence-electron chi connectivity index (χ3n) is 0.247. The lowest BCUT2D eigenvalue weighted by Gasteiger charge is -2.03. The van der Waals surface area contributed by atoms with Crippen LogP contribution in [0.2, 0.25) is 0 Å². The molecule has 0 saturated heterocycles. The van der Waals surface area contributed by atoms with Crippen molar-refractivity contribution in [2.24, 2.45) is 0 Å². The zero-order valence-electron chi connectivity index (χ0n) is 3.67. The van der Waals surface area contributed by atoms with Crippen molar-refractivity contribution in [2.75, 3.05) is 0 Å². The fourth-order valence-corrected chi connectivity index (χ4v) is 0. The molecule has 52 valence electrons. The zero-order chi connectivity index (χ0) is 6.08. The van der Waals surface area contributed by atoms with Crippen molar-refractivity contribution in [3.63, 3.8) is 0 Å². The van der Waals surface area contributed by atoms with Crippen LogP contribution in [0.5, 0.6) is 0 Å². The van der Waals surface area contributed by atoms with E-state index in [1.165, 1.54) is 0 Å². The Balaban J connectivity index is 0. The third kappa shape index (κ3) is 4.67. The molecule has 1 atom stereocenters. The maximum Gasteiger partial charge on any atom is 0.414 e. The van der Waals surface area contributed by atoms with Crippen LogP contribution in [0.15, 0.2) is 0 Å². The molecule has 0 rings (SSSR count). The summed E-state index contributed by atoms with van der Waals surface area (Å²) < 4.78 is 31.1. The predicted octanol–water partition coefficient (Wildman–Crippen LogP) is 2.67. The molecule has 0 spiro atoms. The van der Waals surface area contributed by atoms with E-state index < -0.39 is 10.5 Å². The summed E-state index contributed by atoms with van der Waals surface area (Å²) >= 11 is 6.68. The van der Waals surface area contributed by atoms with Crippen LogP contribution in [-0.2, 0) is 0 Å². The molecule has 0 fully saturated rings. The van der Waals surface area contributed by atoms with Crippen molar-refractivity contribution >= 4 is 27.5 Å². The molecule has 0 aliphatic heterocycles. The van der Waals surface area contributed by atoms with E-state index >= 15 is 0 Å². The van der Waals surface area contributed by atoms with Crippen LogP contribution in [0, 0.1) is 0 Å². The van der Waals surface area contributed by atoms with E-state index in [0.717, 1.165) is 0 Å². The van der Waals surface area contributed by atoms with Crippen LogP contribution < -0.4 is 6.15 Å². The Morgan fingerprint density at radius 2 is 1.50 bits per heavy atom.